The van der Waals surface area contributed by atoms with Crippen LogP contribution in [0.25, 0.3) is 0 Å². The summed E-state index contributed by atoms with van der Waals surface area (Å²) in [7, 11) is 0. The van der Waals surface area contributed by atoms with Gasteiger partial charge < -0.3 is 5.11 Å². The number of hydrogen-bond acceptors (Lipinski definition) is 6. The van der Waals surface area contributed by atoms with E-state index in [1.54, 1.807) is 18.2 Å². The second-order valence-electron chi connectivity index (χ2n) is 13.7. The predicted octanol–water partition coefficient (Wildman–Crippen LogP) is 6.45. The molecule has 4 aromatic rings. The Balaban J connectivity index is 1.29. The normalized spacial score (nSPS) is 27.5. The smallest absolute Gasteiger partial charge is 0.260 e. The highest BCUT2D eigenvalue weighted by Gasteiger charge is 2.70. The highest BCUT2D eigenvalue weighted by atomic mass is 16.3. The molecule has 8 nitrogen and oxygen atoms in total. The van der Waals surface area contributed by atoms with Gasteiger partial charge in [-0.25, -0.2) is 0 Å². The SMILES string of the molecule is CCc1ccc(N2C(=O)[C@H]3[C@H](CC=C4[C@H]3C[C@H]3C(=O)N(Nc5ccc(C)cc5)C(=O)[C@@]3(c3ccccc3)[C@H]4c3cccc(O)c3)C2=O)cc1. The number of aryl methyl sites for hydroxylation is 2. The van der Waals surface area contributed by atoms with Crippen LogP contribution in [0.4, 0.5) is 11.4 Å². The van der Waals surface area contributed by atoms with E-state index in [4.69, 9.17) is 0 Å². The number of carbonyl (C=O) groups excluding carboxylic acids is 4. The maximum Gasteiger partial charge on any atom is 0.260 e. The second kappa shape index (κ2) is 11.6. The molecule has 2 N–H and O–H groups in total. The van der Waals surface area contributed by atoms with E-state index in [1.807, 2.05) is 97.9 Å². The zero-order valence-electron chi connectivity index (χ0n) is 27.4. The van der Waals surface area contributed by atoms with Gasteiger partial charge in [0.05, 0.1) is 34.5 Å². The van der Waals surface area contributed by atoms with Gasteiger partial charge >= 0.3 is 0 Å². The van der Waals surface area contributed by atoms with Gasteiger partial charge in [0.25, 0.3) is 11.8 Å². The van der Waals surface area contributed by atoms with Crippen molar-refractivity contribution in [2.75, 3.05) is 10.3 Å². The van der Waals surface area contributed by atoms with E-state index >= 15 is 4.79 Å². The van der Waals surface area contributed by atoms with Gasteiger partial charge in [0, 0.05) is 5.92 Å². The average molecular weight is 652 g/mol. The van der Waals surface area contributed by atoms with Crippen LogP contribution in [0.1, 0.15) is 47.9 Å². The lowest BCUT2D eigenvalue weighted by Crippen LogP contribution is -2.53. The lowest BCUT2D eigenvalue weighted by molar-refractivity contribution is -0.138. The molecule has 2 aliphatic heterocycles. The van der Waals surface area contributed by atoms with Crippen LogP contribution in [-0.4, -0.2) is 33.7 Å². The lowest BCUT2D eigenvalue weighted by Gasteiger charge is -2.50. The van der Waals surface area contributed by atoms with Crippen LogP contribution in [-0.2, 0) is 31.0 Å². The molecule has 8 heteroatoms. The summed E-state index contributed by atoms with van der Waals surface area (Å²) >= 11 is 0. The van der Waals surface area contributed by atoms with Crippen molar-refractivity contribution in [3.8, 4) is 5.75 Å². The Kier molecular flexibility index (Phi) is 7.28. The summed E-state index contributed by atoms with van der Waals surface area (Å²) in [5, 5.41) is 11.9. The molecule has 3 fully saturated rings. The van der Waals surface area contributed by atoms with Gasteiger partial charge in [-0.05, 0) is 85.2 Å². The fourth-order valence-electron chi connectivity index (χ4n) is 8.96. The number of phenols is 1. The van der Waals surface area contributed by atoms with E-state index in [9.17, 15) is 19.5 Å². The molecule has 0 aromatic heterocycles. The fraction of sp³-hybridized carbons (Fsp3) is 0.268. The number of rotatable bonds is 6. The van der Waals surface area contributed by atoms with Crippen molar-refractivity contribution in [1.29, 1.82) is 0 Å². The summed E-state index contributed by atoms with van der Waals surface area (Å²) < 4.78 is 0. The second-order valence-corrected chi connectivity index (χ2v) is 13.7. The highest BCUT2D eigenvalue weighted by molar-refractivity contribution is 6.22. The minimum atomic E-state index is -1.37. The van der Waals surface area contributed by atoms with Crippen LogP contribution in [0, 0.1) is 30.6 Å². The number of hydrazine groups is 1. The number of amides is 4. The van der Waals surface area contributed by atoms with Gasteiger partial charge in [-0.1, -0.05) is 90.9 Å². The van der Waals surface area contributed by atoms with Gasteiger partial charge in [0.1, 0.15) is 5.75 Å². The van der Waals surface area contributed by atoms with Gasteiger partial charge in [-0.2, -0.15) is 5.01 Å². The molecular weight excluding hydrogens is 614 g/mol. The quantitative estimate of drug-likeness (QED) is 0.183. The number of hydrogen-bond donors (Lipinski definition) is 2. The average Bonchev–Trinajstić information content (AvgIpc) is 3.50. The number of anilines is 2. The van der Waals surface area contributed by atoms with Gasteiger partial charge in [0.15, 0.2) is 0 Å². The number of allylic oxidation sites excluding steroid dienone is 2. The third-order valence-corrected chi connectivity index (χ3v) is 11.2. The number of imide groups is 2. The van der Waals surface area contributed by atoms with Gasteiger partial charge in [0.2, 0.25) is 11.8 Å². The van der Waals surface area contributed by atoms with Crippen molar-refractivity contribution in [3.05, 3.63) is 137 Å². The monoisotopic (exact) mass is 651 g/mol. The molecule has 4 aromatic carbocycles. The Hall–Kier alpha value is -5.50. The molecule has 0 unspecified atom stereocenters. The molecule has 2 aliphatic carbocycles. The first-order valence-corrected chi connectivity index (χ1v) is 17.0. The zero-order valence-corrected chi connectivity index (χ0v) is 27.4. The summed E-state index contributed by atoms with van der Waals surface area (Å²) in [6.45, 7) is 4.02. The zero-order chi connectivity index (χ0) is 34.0. The number of nitrogens with zero attached hydrogens (tertiary/aromatic N) is 2. The molecule has 1 saturated carbocycles. The van der Waals surface area contributed by atoms with Crippen molar-refractivity contribution in [1.82, 2.24) is 5.01 Å². The molecule has 2 heterocycles. The first kappa shape index (κ1) is 30.8. The maximum atomic E-state index is 15.1. The van der Waals surface area contributed by atoms with E-state index in [2.05, 4.69) is 12.3 Å². The molecule has 4 aliphatic rings. The molecular formula is C41H37N3O5. The topological polar surface area (TPSA) is 107 Å². The Bertz CT molecular complexity index is 2020. The van der Waals surface area contributed by atoms with Crippen molar-refractivity contribution in [3.63, 3.8) is 0 Å². The van der Waals surface area contributed by atoms with Gasteiger partial charge in [-0.15, -0.1) is 0 Å². The standard InChI is InChI=1S/C41H37N3O5/c1-3-25-14-18-29(19-15-25)43-37(46)32-21-20-31-33(35(32)39(43)48)23-34-38(47)44(42-28-16-12-24(2)13-17-28)40(49)41(34,27-9-5-4-6-10-27)36(31)26-8-7-11-30(45)22-26/h4-20,22,32-36,42,45H,3,21,23H2,1-2H3/t32-,33+,34-,35-,36-,41+/m0/s1. The van der Waals surface area contributed by atoms with Crippen molar-refractivity contribution in [2.24, 2.45) is 23.7 Å². The third-order valence-electron chi connectivity index (χ3n) is 11.2. The van der Waals surface area contributed by atoms with Crippen LogP contribution in [0.3, 0.4) is 0 Å². The van der Waals surface area contributed by atoms with Crippen LogP contribution in [0.5, 0.6) is 5.75 Å². The number of phenolic OH excluding ortho intramolecular Hbond substituents is 1. The summed E-state index contributed by atoms with van der Waals surface area (Å²) in [5.74, 6) is -4.52. The molecule has 2 saturated heterocycles. The third kappa shape index (κ3) is 4.57. The molecule has 246 valence electrons. The molecule has 0 radical (unpaired) electrons. The molecule has 4 amide bonds. The molecule has 6 atom stereocenters. The number of fused-ring (bicyclic) bond motifs is 4. The molecule has 8 rings (SSSR count). The minimum absolute atomic E-state index is 0.0360. The van der Waals surface area contributed by atoms with Crippen molar-refractivity contribution < 1.29 is 24.3 Å². The molecule has 49 heavy (non-hydrogen) atoms. The Labute approximate surface area is 285 Å². The van der Waals surface area contributed by atoms with Crippen LogP contribution >= 0.6 is 0 Å². The summed E-state index contributed by atoms with van der Waals surface area (Å²) in [6.07, 6.45) is 3.43. The Morgan fingerprint density at radius 1 is 0.816 bits per heavy atom. The maximum absolute atomic E-state index is 15.1. The van der Waals surface area contributed by atoms with Crippen LogP contribution in [0.15, 0.2) is 115 Å². The summed E-state index contributed by atoms with van der Waals surface area (Å²) in [4.78, 5) is 59.6. The van der Waals surface area contributed by atoms with E-state index in [0.717, 1.165) is 28.1 Å². The molecule has 0 bridgehead atoms. The van der Waals surface area contributed by atoms with Gasteiger partial charge in [-0.3, -0.25) is 29.5 Å². The van der Waals surface area contributed by atoms with E-state index in [1.165, 1.54) is 4.90 Å². The number of aromatic hydroxyl groups is 1. The summed E-state index contributed by atoms with van der Waals surface area (Å²) in [5.41, 5.74) is 7.25. The molecule has 0 spiro atoms. The first-order chi connectivity index (χ1) is 23.7. The Morgan fingerprint density at radius 3 is 2.24 bits per heavy atom. The van der Waals surface area contributed by atoms with Crippen molar-refractivity contribution in [2.45, 2.75) is 44.4 Å². The highest BCUT2D eigenvalue weighted by Crippen LogP contribution is 2.64. The number of benzene rings is 4. The predicted molar refractivity (Wildman–Crippen MR) is 185 cm³/mol. The summed E-state index contributed by atoms with van der Waals surface area (Å²) in [6, 6.07) is 31.2. The van der Waals surface area contributed by atoms with E-state index < -0.39 is 40.9 Å². The lowest BCUT2D eigenvalue weighted by atomic mass is 9.49. The first-order valence-electron chi connectivity index (χ1n) is 17.0. The van der Waals surface area contributed by atoms with E-state index in [0.29, 0.717) is 28.9 Å². The van der Waals surface area contributed by atoms with Crippen molar-refractivity contribution >= 4 is 35.0 Å². The van der Waals surface area contributed by atoms with Crippen LogP contribution < -0.4 is 10.3 Å². The minimum Gasteiger partial charge on any atom is -0.508 e. The largest absolute Gasteiger partial charge is 0.508 e. The Morgan fingerprint density at radius 2 is 1.55 bits per heavy atom. The van der Waals surface area contributed by atoms with Crippen LogP contribution in [0.2, 0.25) is 0 Å². The number of nitrogens with one attached hydrogen (secondary N) is 1. The fourth-order valence-corrected chi connectivity index (χ4v) is 8.96. The number of carbonyl (C=O) groups is 4. The van der Waals surface area contributed by atoms with E-state index in [-0.39, 0.29) is 29.9 Å².